The number of nitrogens with two attached hydrogens (primary N) is 1. The van der Waals surface area contributed by atoms with E-state index in [1.54, 1.807) is 11.3 Å². The predicted molar refractivity (Wildman–Crippen MR) is 85.9 cm³/mol. The molecule has 1 saturated carbocycles. The number of nitrogens with one attached hydrogen (secondary N) is 1. The summed E-state index contributed by atoms with van der Waals surface area (Å²) in [5.41, 5.74) is 5.35. The largest absolute Gasteiger partial charge is 0.368 e. The summed E-state index contributed by atoms with van der Waals surface area (Å²) in [6.45, 7) is 0.570. The molecule has 1 aromatic heterocycles. The summed E-state index contributed by atoms with van der Waals surface area (Å²) in [4.78, 5) is 30.7. The van der Waals surface area contributed by atoms with Crippen LogP contribution < -0.4 is 11.1 Å². The summed E-state index contributed by atoms with van der Waals surface area (Å²) in [5.74, 6) is 0.150. The number of primary amides is 1. The Balaban J connectivity index is 1.62. The quantitative estimate of drug-likeness (QED) is 0.896. The number of hydrogen-bond acceptors (Lipinski definition) is 4. The van der Waals surface area contributed by atoms with E-state index in [0.717, 1.165) is 6.42 Å². The Hall–Kier alpha value is -1.63. The van der Waals surface area contributed by atoms with Crippen LogP contribution >= 0.6 is 11.3 Å². The van der Waals surface area contributed by atoms with Crippen molar-refractivity contribution >= 4 is 28.4 Å². The maximum absolute atomic E-state index is 12.3. The number of rotatable bonds is 3. The third-order valence-corrected chi connectivity index (χ3v) is 5.66. The Kier molecular flexibility index (Phi) is 4.61. The number of aromatic nitrogens is 1. The van der Waals surface area contributed by atoms with Gasteiger partial charge in [0.1, 0.15) is 6.04 Å². The number of carbonyl (C=O) groups is 2. The van der Waals surface area contributed by atoms with Crippen molar-refractivity contribution in [2.75, 3.05) is 11.9 Å². The number of hydrogen-bond donors (Lipinski definition) is 2. The third-order valence-electron chi connectivity index (χ3n) is 4.59. The molecule has 1 aliphatic heterocycles. The van der Waals surface area contributed by atoms with E-state index in [4.69, 9.17) is 5.73 Å². The normalized spacial score (nSPS) is 22.7. The van der Waals surface area contributed by atoms with Gasteiger partial charge in [0.2, 0.25) is 5.91 Å². The van der Waals surface area contributed by atoms with Crippen molar-refractivity contribution in [3.05, 3.63) is 11.1 Å². The van der Waals surface area contributed by atoms with Crippen LogP contribution in [0.3, 0.4) is 0 Å². The van der Waals surface area contributed by atoms with E-state index >= 15 is 0 Å². The van der Waals surface area contributed by atoms with Crippen LogP contribution in [-0.2, 0) is 4.79 Å². The minimum atomic E-state index is -0.488. The Labute approximate surface area is 134 Å². The van der Waals surface area contributed by atoms with Gasteiger partial charge in [-0.05, 0) is 31.6 Å². The molecule has 2 aliphatic rings. The van der Waals surface area contributed by atoms with E-state index in [-0.39, 0.29) is 6.03 Å². The zero-order valence-corrected chi connectivity index (χ0v) is 13.4. The topological polar surface area (TPSA) is 88.3 Å². The highest BCUT2D eigenvalue weighted by Crippen LogP contribution is 2.36. The average molecular weight is 322 g/mol. The lowest BCUT2D eigenvalue weighted by Crippen LogP contribution is -2.45. The summed E-state index contributed by atoms with van der Waals surface area (Å²) in [5, 5.41) is 3.43. The van der Waals surface area contributed by atoms with Gasteiger partial charge in [0.15, 0.2) is 5.13 Å². The second kappa shape index (κ2) is 6.64. The molecule has 2 fully saturated rings. The number of carbonyl (C=O) groups excluding carboxylic acids is 2. The fourth-order valence-electron chi connectivity index (χ4n) is 3.39. The predicted octanol–water partition coefficient (Wildman–Crippen LogP) is 2.67. The number of nitrogens with zero attached hydrogens (tertiary/aromatic N) is 2. The molecule has 0 bridgehead atoms. The minimum absolute atomic E-state index is 0.272. The average Bonchev–Trinajstić information content (AvgIpc) is 3.17. The van der Waals surface area contributed by atoms with Crippen LogP contribution in [0.2, 0.25) is 0 Å². The van der Waals surface area contributed by atoms with Crippen LogP contribution in [0, 0.1) is 0 Å². The molecule has 7 heteroatoms. The highest BCUT2D eigenvalue weighted by Gasteiger charge is 2.33. The summed E-state index contributed by atoms with van der Waals surface area (Å²) >= 11 is 1.55. The van der Waals surface area contributed by atoms with Gasteiger partial charge in [-0.1, -0.05) is 19.3 Å². The van der Waals surface area contributed by atoms with Crippen LogP contribution in [0.15, 0.2) is 6.20 Å². The van der Waals surface area contributed by atoms with Gasteiger partial charge in [-0.3, -0.25) is 10.1 Å². The molecule has 22 heavy (non-hydrogen) atoms. The molecule has 2 heterocycles. The molecule has 1 atom stereocenters. The lowest BCUT2D eigenvalue weighted by atomic mass is 9.89. The number of thiazole rings is 1. The monoisotopic (exact) mass is 322 g/mol. The van der Waals surface area contributed by atoms with E-state index in [1.807, 2.05) is 6.20 Å². The van der Waals surface area contributed by atoms with Crippen LogP contribution in [0.25, 0.3) is 0 Å². The lowest BCUT2D eigenvalue weighted by molar-refractivity contribution is -0.121. The Morgan fingerprint density at radius 2 is 2.00 bits per heavy atom. The van der Waals surface area contributed by atoms with E-state index in [1.165, 1.54) is 41.9 Å². The molecule has 6 nitrogen and oxygen atoms in total. The number of likely N-dealkylation sites (tertiary alicyclic amines) is 1. The summed E-state index contributed by atoms with van der Waals surface area (Å²) in [6.07, 6.45) is 9.64. The highest BCUT2D eigenvalue weighted by atomic mass is 32.1. The van der Waals surface area contributed by atoms with Crippen LogP contribution in [0.5, 0.6) is 0 Å². The third kappa shape index (κ3) is 3.24. The summed E-state index contributed by atoms with van der Waals surface area (Å²) in [7, 11) is 0. The zero-order chi connectivity index (χ0) is 15.5. The van der Waals surface area contributed by atoms with Gasteiger partial charge in [0.05, 0.1) is 0 Å². The fourth-order valence-corrected chi connectivity index (χ4v) is 4.36. The molecule has 3 N–H and O–H groups in total. The van der Waals surface area contributed by atoms with Crippen LogP contribution in [0.4, 0.5) is 9.93 Å². The Bertz CT molecular complexity index is 553. The van der Waals surface area contributed by atoms with Crippen molar-refractivity contribution in [1.29, 1.82) is 0 Å². The molecule has 1 unspecified atom stereocenters. The van der Waals surface area contributed by atoms with Gasteiger partial charge in [-0.2, -0.15) is 0 Å². The van der Waals surface area contributed by atoms with Gasteiger partial charge < -0.3 is 10.6 Å². The fraction of sp³-hybridized carbons (Fsp3) is 0.667. The van der Waals surface area contributed by atoms with Crippen molar-refractivity contribution in [2.45, 2.75) is 56.9 Å². The van der Waals surface area contributed by atoms with Crippen molar-refractivity contribution in [1.82, 2.24) is 9.88 Å². The standard InChI is InChI=1S/C15H22N4O2S/c16-13(20)11-7-4-8-19(11)15(21)18-14-17-9-12(22-14)10-5-2-1-3-6-10/h9-11H,1-8H2,(H2,16,20)(H,17,18,21). The molecule has 1 aromatic rings. The molecule has 1 aliphatic carbocycles. The van der Waals surface area contributed by atoms with Crippen LogP contribution in [-0.4, -0.2) is 34.4 Å². The van der Waals surface area contributed by atoms with Crippen molar-refractivity contribution < 1.29 is 9.59 Å². The molecule has 3 amide bonds. The number of urea groups is 1. The van der Waals surface area contributed by atoms with Gasteiger partial charge in [0, 0.05) is 17.6 Å². The van der Waals surface area contributed by atoms with Gasteiger partial charge in [-0.25, -0.2) is 9.78 Å². The van der Waals surface area contributed by atoms with Crippen molar-refractivity contribution in [3.63, 3.8) is 0 Å². The van der Waals surface area contributed by atoms with Gasteiger partial charge >= 0.3 is 6.03 Å². The number of anilines is 1. The molecule has 0 radical (unpaired) electrons. The highest BCUT2D eigenvalue weighted by molar-refractivity contribution is 7.15. The molecule has 120 valence electrons. The Morgan fingerprint density at radius 1 is 1.23 bits per heavy atom. The number of amides is 3. The molecular weight excluding hydrogens is 300 g/mol. The first-order valence-electron chi connectivity index (χ1n) is 7.98. The first-order valence-corrected chi connectivity index (χ1v) is 8.79. The smallest absolute Gasteiger partial charge is 0.324 e. The van der Waals surface area contributed by atoms with Gasteiger partial charge in [0.25, 0.3) is 0 Å². The van der Waals surface area contributed by atoms with Crippen LogP contribution in [0.1, 0.15) is 55.7 Å². The van der Waals surface area contributed by atoms with E-state index < -0.39 is 11.9 Å². The second-order valence-corrected chi connectivity index (χ2v) is 7.15. The second-order valence-electron chi connectivity index (χ2n) is 6.09. The summed E-state index contributed by atoms with van der Waals surface area (Å²) < 4.78 is 0. The maximum Gasteiger partial charge on any atom is 0.324 e. The first-order chi connectivity index (χ1) is 10.6. The summed E-state index contributed by atoms with van der Waals surface area (Å²) in [6, 6.07) is -0.761. The first kappa shape index (κ1) is 15.3. The molecule has 0 spiro atoms. The molecule has 1 saturated heterocycles. The zero-order valence-electron chi connectivity index (χ0n) is 12.6. The van der Waals surface area contributed by atoms with Crippen molar-refractivity contribution in [3.8, 4) is 0 Å². The van der Waals surface area contributed by atoms with E-state index in [2.05, 4.69) is 10.3 Å². The molecule has 3 rings (SSSR count). The Morgan fingerprint density at radius 3 is 2.73 bits per heavy atom. The lowest BCUT2D eigenvalue weighted by Gasteiger charge is -2.21. The minimum Gasteiger partial charge on any atom is -0.368 e. The van der Waals surface area contributed by atoms with E-state index in [0.29, 0.717) is 24.0 Å². The van der Waals surface area contributed by atoms with Gasteiger partial charge in [-0.15, -0.1) is 11.3 Å². The van der Waals surface area contributed by atoms with Crippen molar-refractivity contribution in [2.24, 2.45) is 5.73 Å². The maximum atomic E-state index is 12.3. The SMILES string of the molecule is NC(=O)C1CCCN1C(=O)Nc1ncc(C2CCCCC2)s1. The molecule has 0 aromatic carbocycles. The molecular formula is C15H22N4O2S. The van der Waals surface area contributed by atoms with E-state index in [9.17, 15) is 9.59 Å².